The molecule has 1 amide bonds. The van der Waals surface area contributed by atoms with Crippen LogP contribution in [0.15, 0.2) is 51.7 Å². The van der Waals surface area contributed by atoms with Gasteiger partial charge in [-0.05, 0) is 35.9 Å². The summed E-state index contributed by atoms with van der Waals surface area (Å²) < 4.78 is 15.8. The van der Waals surface area contributed by atoms with Crippen molar-refractivity contribution in [3.63, 3.8) is 0 Å². The maximum atomic E-state index is 12.1. The van der Waals surface area contributed by atoms with Crippen LogP contribution in [-0.2, 0) is 11.2 Å². The number of furan rings is 1. The van der Waals surface area contributed by atoms with Gasteiger partial charge >= 0.3 is 0 Å². The van der Waals surface area contributed by atoms with E-state index in [1.54, 1.807) is 32.6 Å². The lowest BCUT2D eigenvalue weighted by Gasteiger charge is -2.05. The minimum absolute atomic E-state index is 0.216. The Morgan fingerprint density at radius 1 is 1.17 bits per heavy atom. The highest BCUT2D eigenvalue weighted by atomic mass is 16.5. The predicted octanol–water partition coefficient (Wildman–Crippen LogP) is 2.80. The van der Waals surface area contributed by atoms with Crippen molar-refractivity contribution in [2.45, 2.75) is 12.8 Å². The van der Waals surface area contributed by atoms with Crippen LogP contribution in [0, 0.1) is 0 Å². The molecule has 1 aliphatic heterocycles. The van der Waals surface area contributed by atoms with Crippen LogP contribution in [0.3, 0.4) is 0 Å². The van der Waals surface area contributed by atoms with Crippen LogP contribution in [0.5, 0.6) is 11.5 Å². The summed E-state index contributed by atoms with van der Waals surface area (Å²) in [5, 5.41) is 2.78. The Hall–Kier alpha value is -3.02. The number of rotatable bonds is 6. The Morgan fingerprint density at radius 2 is 1.92 bits per heavy atom. The van der Waals surface area contributed by atoms with Crippen molar-refractivity contribution in [2.24, 2.45) is 4.99 Å². The van der Waals surface area contributed by atoms with Gasteiger partial charge < -0.3 is 19.2 Å². The quantitative estimate of drug-likeness (QED) is 0.829. The molecule has 1 N–H and O–H groups in total. The number of amides is 1. The third-order valence-corrected chi connectivity index (χ3v) is 3.61. The van der Waals surface area contributed by atoms with Gasteiger partial charge in [0.2, 0.25) is 0 Å². The van der Waals surface area contributed by atoms with E-state index in [2.05, 4.69) is 10.3 Å². The number of carbonyl (C=O) groups is 1. The molecule has 2 aromatic rings. The van der Waals surface area contributed by atoms with Gasteiger partial charge in [0.15, 0.2) is 0 Å². The van der Waals surface area contributed by atoms with Crippen LogP contribution in [0.2, 0.25) is 0 Å². The average molecular weight is 326 g/mol. The summed E-state index contributed by atoms with van der Waals surface area (Å²) in [6.07, 6.45) is 4.64. The highest BCUT2D eigenvalue weighted by Crippen LogP contribution is 2.25. The third-order valence-electron chi connectivity index (χ3n) is 3.61. The number of aliphatic imine (C=N–C) groups is 1. The zero-order valence-corrected chi connectivity index (χ0v) is 13.5. The molecule has 0 fully saturated rings. The molecule has 1 aromatic carbocycles. The van der Waals surface area contributed by atoms with E-state index in [4.69, 9.17) is 13.9 Å². The molecule has 0 aliphatic carbocycles. The first-order chi connectivity index (χ1) is 11.7. The molecule has 0 bridgehead atoms. The van der Waals surface area contributed by atoms with Crippen molar-refractivity contribution < 1.29 is 18.7 Å². The molecular weight excluding hydrogens is 308 g/mol. The van der Waals surface area contributed by atoms with Gasteiger partial charge in [-0.25, -0.2) is 4.99 Å². The fraction of sp³-hybridized carbons (Fsp3) is 0.222. The molecule has 0 unspecified atom stereocenters. The summed E-state index contributed by atoms with van der Waals surface area (Å²) in [5.41, 5.74) is 1.15. The van der Waals surface area contributed by atoms with Crippen molar-refractivity contribution in [3.8, 4) is 11.5 Å². The van der Waals surface area contributed by atoms with Gasteiger partial charge in [0.1, 0.15) is 28.8 Å². The lowest BCUT2D eigenvalue weighted by atomic mass is 10.1. The Labute approximate surface area is 139 Å². The Balaban J connectivity index is 1.77. The number of hydrogen-bond donors (Lipinski definition) is 1. The van der Waals surface area contributed by atoms with Gasteiger partial charge in [0, 0.05) is 18.9 Å². The van der Waals surface area contributed by atoms with Crippen LogP contribution in [0.4, 0.5) is 0 Å². The summed E-state index contributed by atoms with van der Waals surface area (Å²) in [4.78, 5) is 16.4. The molecule has 1 aliphatic rings. The molecule has 0 saturated carbocycles. The second-order valence-corrected chi connectivity index (χ2v) is 5.27. The average Bonchev–Trinajstić information content (AvgIpc) is 3.23. The molecule has 0 atom stereocenters. The van der Waals surface area contributed by atoms with E-state index in [-0.39, 0.29) is 5.91 Å². The van der Waals surface area contributed by atoms with Crippen LogP contribution >= 0.6 is 0 Å². The lowest BCUT2D eigenvalue weighted by molar-refractivity contribution is -0.115. The summed E-state index contributed by atoms with van der Waals surface area (Å²) in [7, 11) is 3.16. The molecule has 3 rings (SSSR count). The minimum atomic E-state index is -0.216. The van der Waals surface area contributed by atoms with E-state index in [0.29, 0.717) is 35.9 Å². The first kappa shape index (κ1) is 15.9. The predicted molar refractivity (Wildman–Crippen MR) is 90.1 cm³/mol. The van der Waals surface area contributed by atoms with Gasteiger partial charge in [-0.3, -0.25) is 4.79 Å². The van der Waals surface area contributed by atoms with Gasteiger partial charge in [-0.1, -0.05) is 0 Å². The number of aryl methyl sites for hydroxylation is 1. The number of benzene rings is 1. The molecule has 6 nitrogen and oxygen atoms in total. The van der Waals surface area contributed by atoms with Gasteiger partial charge in [-0.2, -0.15) is 0 Å². The second-order valence-electron chi connectivity index (χ2n) is 5.27. The van der Waals surface area contributed by atoms with Crippen LogP contribution in [0.25, 0.3) is 6.08 Å². The zero-order valence-electron chi connectivity index (χ0n) is 13.5. The van der Waals surface area contributed by atoms with Crippen LogP contribution in [-0.4, -0.2) is 26.0 Å². The Morgan fingerprint density at radius 3 is 2.54 bits per heavy atom. The van der Waals surface area contributed by atoms with E-state index in [9.17, 15) is 4.79 Å². The van der Waals surface area contributed by atoms with Crippen molar-refractivity contribution in [2.75, 3.05) is 14.2 Å². The largest absolute Gasteiger partial charge is 0.497 e. The number of amidine groups is 1. The number of nitrogens with one attached hydrogen (secondary N) is 1. The molecule has 0 saturated heterocycles. The highest BCUT2D eigenvalue weighted by Gasteiger charge is 2.20. The SMILES string of the molecule is COc1cc(/C=C2/N=C(CCc3ccco3)NC2=O)cc(OC)c1. The van der Waals surface area contributed by atoms with Gasteiger partial charge in [0.25, 0.3) is 5.91 Å². The van der Waals surface area contributed by atoms with Gasteiger partial charge in [0.05, 0.1) is 20.5 Å². The number of methoxy groups -OCH3 is 2. The molecule has 6 heteroatoms. The van der Waals surface area contributed by atoms with Gasteiger partial charge in [-0.15, -0.1) is 0 Å². The minimum Gasteiger partial charge on any atom is -0.497 e. The number of carbonyl (C=O) groups excluding carboxylic acids is 1. The van der Waals surface area contributed by atoms with E-state index < -0.39 is 0 Å². The van der Waals surface area contributed by atoms with E-state index in [1.165, 1.54) is 0 Å². The third kappa shape index (κ3) is 3.65. The molecular formula is C18H18N2O4. The number of hydrogen-bond acceptors (Lipinski definition) is 5. The first-order valence-electron chi connectivity index (χ1n) is 7.54. The van der Waals surface area contributed by atoms with Crippen molar-refractivity contribution in [1.29, 1.82) is 0 Å². The molecule has 2 heterocycles. The maximum absolute atomic E-state index is 12.1. The maximum Gasteiger partial charge on any atom is 0.275 e. The second kappa shape index (κ2) is 7.04. The summed E-state index contributed by atoms with van der Waals surface area (Å²) in [5.74, 6) is 2.59. The first-order valence-corrected chi connectivity index (χ1v) is 7.54. The fourth-order valence-electron chi connectivity index (χ4n) is 2.40. The number of ether oxygens (including phenoxy) is 2. The van der Waals surface area contributed by atoms with Crippen LogP contribution in [0.1, 0.15) is 17.7 Å². The summed E-state index contributed by atoms with van der Waals surface area (Å²) >= 11 is 0. The highest BCUT2D eigenvalue weighted by molar-refractivity contribution is 6.14. The molecule has 0 radical (unpaired) electrons. The zero-order chi connectivity index (χ0) is 16.9. The fourth-order valence-corrected chi connectivity index (χ4v) is 2.40. The summed E-state index contributed by atoms with van der Waals surface area (Å²) in [6, 6.07) is 9.15. The topological polar surface area (TPSA) is 73.1 Å². The Kier molecular flexibility index (Phi) is 4.65. The monoisotopic (exact) mass is 326 g/mol. The van der Waals surface area contributed by atoms with Crippen molar-refractivity contribution >= 4 is 17.8 Å². The smallest absolute Gasteiger partial charge is 0.275 e. The van der Waals surface area contributed by atoms with E-state index >= 15 is 0 Å². The standard InChI is InChI=1S/C18H18N2O4/c1-22-14-8-12(9-15(11-14)23-2)10-16-18(21)20-17(19-16)6-5-13-4-3-7-24-13/h3-4,7-11H,5-6H2,1-2H3,(H,19,20,21)/b16-10+. The van der Waals surface area contributed by atoms with Crippen molar-refractivity contribution in [1.82, 2.24) is 5.32 Å². The van der Waals surface area contributed by atoms with Crippen LogP contribution < -0.4 is 14.8 Å². The molecule has 0 spiro atoms. The molecule has 124 valence electrons. The molecule has 24 heavy (non-hydrogen) atoms. The normalized spacial score (nSPS) is 15.3. The van der Waals surface area contributed by atoms with E-state index in [1.807, 2.05) is 24.3 Å². The summed E-state index contributed by atoms with van der Waals surface area (Å²) in [6.45, 7) is 0. The molecule has 1 aromatic heterocycles. The van der Waals surface area contributed by atoms with E-state index in [0.717, 1.165) is 11.3 Å². The Bertz CT molecular complexity index is 769. The van der Waals surface area contributed by atoms with Crippen molar-refractivity contribution in [3.05, 3.63) is 53.6 Å². The lowest BCUT2D eigenvalue weighted by Crippen LogP contribution is -2.24. The number of nitrogens with zero attached hydrogens (tertiary/aromatic N) is 1.